The van der Waals surface area contributed by atoms with Crippen LogP contribution in [0.4, 0.5) is 20.2 Å². The molecule has 0 radical (unpaired) electrons. The topological polar surface area (TPSA) is 118 Å². The first-order valence-electron chi connectivity index (χ1n) is 9.18. The van der Waals surface area contributed by atoms with Crippen molar-refractivity contribution in [1.29, 1.82) is 0 Å². The fourth-order valence-electron chi connectivity index (χ4n) is 2.38. The molecule has 2 aromatic carbocycles. The molecule has 180 valence electrons. The summed E-state index contributed by atoms with van der Waals surface area (Å²) in [7, 11) is -1.59. The van der Waals surface area contributed by atoms with Gasteiger partial charge in [-0.2, -0.15) is 0 Å². The number of nitrogens with zero attached hydrogens (tertiary/aromatic N) is 2. The molecule has 0 aliphatic carbocycles. The molecule has 4 aromatic rings. The quantitative estimate of drug-likeness (QED) is 0.278. The molecule has 0 unspecified atom stereocenters. The van der Waals surface area contributed by atoms with E-state index in [1.165, 1.54) is 30.3 Å². The van der Waals surface area contributed by atoms with Gasteiger partial charge in [-0.05, 0) is 63.4 Å². The Labute approximate surface area is 207 Å². The second kappa shape index (κ2) is 15.5. The molecule has 4 rings (SSSR count). The summed E-state index contributed by atoms with van der Waals surface area (Å²) in [6.45, 7) is 0. The summed E-state index contributed by atoms with van der Waals surface area (Å²) in [5, 5.41) is 17.1. The number of benzene rings is 2. The van der Waals surface area contributed by atoms with Gasteiger partial charge in [-0.15, -0.1) is 0 Å². The number of halogens is 3. The van der Waals surface area contributed by atoms with E-state index in [4.69, 9.17) is 21.5 Å². The summed E-state index contributed by atoms with van der Waals surface area (Å²) < 4.78 is 26.1. The van der Waals surface area contributed by atoms with Crippen LogP contribution in [0.15, 0.2) is 89.9 Å². The third-order valence-electron chi connectivity index (χ3n) is 3.79. The number of rotatable bonds is 2. The molecule has 2 aromatic heterocycles. The second-order valence-electron chi connectivity index (χ2n) is 6.38. The lowest BCUT2D eigenvalue weighted by Crippen LogP contribution is -2.29. The fraction of sp³-hybridized carbons (Fsp3) is 0.0833. The van der Waals surface area contributed by atoms with Gasteiger partial charge in [-0.1, -0.05) is 39.1 Å². The van der Waals surface area contributed by atoms with Gasteiger partial charge >= 0.3 is 7.12 Å². The largest absolute Gasteiger partial charge is 0.488 e. The van der Waals surface area contributed by atoms with Crippen molar-refractivity contribution in [1.82, 2.24) is 9.97 Å². The maximum atomic E-state index is 12.9. The summed E-state index contributed by atoms with van der Waals surface area (Å²) >= 11 is 3.22. The number of aromatic nitrogens is 2. The molecule has 0 saturated carbocycles. The molecule has 34 heavy (non-hydrogen) atoms. The molecule has 2 heterocycles. The van der Waals surface area contributed by atoms with Gasteiger partial charge in [-0.3, -0.25) is 9.97 Å². The summed E-state index contributed by atoms with van der Waals surface area (Å²) in [5.41, 5.74) is 14.0. The highest BCUT2D eigenvalue weighted by atomic mass is 79.9. The lowest BCUT2D eigenvalue weighted by molar-refractivity contribution is 0.425. The minimum atomic E-state index is -1.59. The molecule has 0 fully saturated rings. The van der Waals surface area contributed by atoms with E-state index in [2.05, 4.69) is 25.9 Å². The summed E-state index contributed by atoms with van der Waals surface area (Å²) in [5.74, 6) is -0.726. The number of anilines is 2. The highest BCUT2D eigenvalue weighted by Gasteiger charge is 2.09. The number of pyridine rings is 2. The van der Waals surface area contributed by atoms with Crippen LogP contribution in [0.1, 0.15) is 14.9 Å². The van der Waals surface area contributed by atoms with Crippen molar-refractivity contribution in [3.8, 4) is 11.1 Å². The van der Waals surface area contributed by atoms with Gasteiger partial charge in [0.25, 0.3) is 0 Å². The zero-order valence-corrected chi connectivity index (χ0v) is 18.3. The Morgan fingerprint density at radius 3 is 1.71 bits per heavy atom. The van der Waals surface area contributed by atoms with Gasteiger partial charge in [0.15, 0.2) is 0 Å². The second-order valence-corrected chi connectivity index (χ2v) is 7.30. The Hall–Kier alpha value is -3.34. The highest BCUT2D eigenvalue weighted by Crippen LogP contribution is 2.20. The lowest BCUT2D eigenvalue weighted by atomic mass is 9.80. The Bertz CT molecular complexity index is 1090. The van der Waals surface area contributed by atoms with E-state index in [0.717, 1.165) is 21.7 Å². The molecule has 10 heteroatoms. The van der Waals surface area contributed by atoms with Gasteiger partial charge in [0, 0.05) is 34.8 Å². The predicted molar refractivity (Wildman–Crippen MR) is 140 cm³/mol. The predicted octanol–water partition coefficient (Wildman–Crippen LogP) is 4.67. The zero-order chi connectivity index (χ0) is 23.5. The van der Waals surface area contributed by atoms with E-state index >= 15 is 0 Å². The average Bonchev–Trinajstić information content (AvgIpc) is 2.74. The molecular formula is C24H28BBrF2N4O2. The zero-order valence-electron chi connectivity index (χ0n) is 16.7. The van der Waals surface area contributed by atoms with Crippen molar-refractivity contribution in [3.63, 3.8) is 0 Å². The van der Waals surface area contributed by atoms with E-state index in [1.807, 2.05) is 6.07 Å². The minimum absolute atomic E-state index is 0. The molecule has 0 saturated heterocycles. The Morgan fingerprint density at radius 1 is 0.706 bits per heavy atom. The van der Waals surface area contributed by atoms with Crippen molar-refractivity contribution in [2.75, 3.05) is 11.5 Å². The van der Waals surface area contributed by atoms with Crippen LogP contribution < -0.4 is 16.9 Å². The SMILES string of the molecule is C.C.Nc1cncc(-c2cccc(F)c2)c1.Nc1cncc(Br)c1.OB(O)c1cccc(F)c1. The smallest absolute Gasteiger partial charge is 0.423 e. The molecule has 0 spiro atoms. The molecular weight excluding hydrogens is 505 g/mol. The Balaban J connectivity index is 0.000000487. The summed E-state index contributed by atoms with van der Waals surface area (Å²) in [4.78, 5) is 7.75. The van der Waals surface area contributed by atoms with Crippen molar-refractivity contribution in [2.45, 2.75) is 14.9 Å². The van der Waals surface area contributed by atoms with Gasteiger partial charge in [-0.25, -0.2) is 8.78 Å². The standard InChI is InChI=1S/C11H9FN2.C6H6BFO2.C5H5BrN2.2CH4/c12-10-3-1-2-8(4-10)9-5-11(13)7-14-6-9;8-6-3-1-2-5(4-6)7(9)10;6-4-1-5(7)3-8-2-4;;/h1-7H,13H2;1-4,9-10H;1-3H,7H2;2*1H4. The van der Waals surface area contributed by atoms with Crippen LogP contribution in [-0.2, 0) is 0 Å². The number of hydrogen-bond acceptors (Lipinski definition) is 6. The maximum absolute atomic E-state index is 12.9. The molecule has 6 N–H and O–H groups in total. The van der Waals surface area contributed by atoms with Crippen LogP contribution in [0.25, 0.3) is 11.1 Å². The van der Waals surface area contributed by atoms with E-state index in [0.29, 0.717) is 11.4 Å². The number of nitrogens with two attached hydrogens (primary N) is 2. The van der Waals surface area contributed by atoms with Crippen LogP contribution in [0.5, 0.6) is 0 Å². The Morgan fingerprint density at radius 2 is 1.26 bits per heavy atom. The van der Waals surface area contributed by atoms with Gasteiger partial charge in [0.05, 0.1) is 11.4 Å². The maximum Gasteiger partial charge on any atom is 0.488 e. The van der Waals surface area contributed by atoms with Crippen LogP contribution in [0.2, 0.25) is 0 Å². The van der Waals surface area contributed by atoms with Crippen LogP contribution >= 0.6 is 15.9 Å². The first kappa shape index (κ1) is 30.7. The van der Waals surface area contributed by atoms with Crippen molar-refractivity contribution >= 4 is 39.9 Å². The molecule has 6 nitrogen and oxygen atoms in total. The monoisotopic (exact) mass is 532 g/mol. The van der Waals surface area contributed by atoms with Gasteiger partial charge in [0.1, 0.15) is 11.6 Å². The lowest BCUT2D eigenvalue weighted by Gasteiger charge is -2.01. The van der Waals surface area contributed by atoms with Crippen molar-refractivity contribution in [2.24, 2.45) is 0 Å². The van der Waals surface area contributed by atoms with Crippen LogP contribution in [0, 0.1) is 11.6 Å². The third kappa shape index (κ3) is 11.0. The van der Waals surface area contributed by atoms with E-state index in [1.54, 1.807) is 43.0 Å². The molecule has 0 aliphatic heterocycles. The molecule has 0 atom stereocenters. The number of hydrogen-bond donors (Lipinski definition) is 4. The van der Waals surface area contributed by atoms with E-state index < -0.39 is 12.9 Å². The van der Waals surface area contributed by atoms with E-state index in [9.17, 15) is 8.78 Å². The van der Waals surface area contributed by atoms with Gasteiger partial charge in [0.2, 0.25) is 0 Å². The van der Waals surface area contributed by atoms with Crippen LogP contribution in [0.3, 0.4) is 0 Å². The third-order valence-corrected chi connectivity index (χ3v) is 4.22. The molecule has 0 amide bonds. The number of nitrogen functional groups attached to an aromatic ring is 2. The highest BCUT2D eigenvalue weighted by molar-refractivity contribution is 9.10. The first-order valence-corrected chi connectivity index (χ1v) is 9.98. The summed E-state index contributed by atoms with van der Waals surface area (Å²) in [6, 6.07) is 15.1. The first-order chi connectivity index (χ1) is 15.2. The Kier molecular flexibility index (Phi) is 14.0. The molecule has 0 aliphatic rings. The van der Waals surface area contributed by atoms with Gasteiger partial charge < -0.3 is 21.5 Å². The average molecular weight is 533 g/mol. The van der Waals surface area contributed by atoms with E-state index in [-0.39, 0.29) is 26.1 Å². The van der Waals surface area contributed by atoms with Crippen molar-refractivity contribution < 1.29 is 18.8 Å². The minimum Gasteiger partial charge on any atom is -0.423 e. The normalized spacial score (nSPS) is 9.09. The molecule has 0 bridgehead atoms. The fourth-order valence-corrected chi connectivity index (χ4v) is 2.76. The van der Waals surface area contributed by atoms with Crippen molar-refractivity contribution in [3.05, 3.63) is 102 Å². The summed E-state index contributed by atoms with van der Waals surface area (Å²) in [6.07, 6.45) is 6.51. The van der Waals surface area contributed by atoms with Crippen LogP contribution in [-0.4, -0.2) is 27.1 Å².